The van der Waals surface area contributed by atoms with Crippen LogP contribution >= 0.6 is 22.7 Å². The second kappa shape index (κ2) is 33.4. The molecule has 126 heavy (non-hydrogen) atoms. The van der Waals surface area contributed by atoms with Gasteiger partial charge in [-0.2, -0.15) is 11.3 Å². The van der Waals surface area contributed by atoms with Crippen LogP contribution in [0, 0.1) is 0 Å². The molecule has 11 heterocycles. The first-order chi connectivity index (χ1) is 61.7. The Balaban J connectivity index is 0.000000106. The maximum atomic E-state index is 13.0. The van der Waals surface area contributed by atoms with E-state index in [0.29, 0.717) is 118 Å². The van der Waals surface area contributed by atoms with Crippen LogP contribution in [0.5, 0.6) is 46.0 Å². The first-order valence-electron chi connectivity index (χ1n) is 40.4. The van der Waals surface area contributed by atoms with E-state index >= 15 is 0 Å². The molecule has 0 spiro atoms. The van der Waals surface area contributed by atoms with E-state index in [2.05, 4.69) is 4.98 Å². The first-order valence-corrected chi connectivity index (χ1v) is 42.2. The maximum absolute atomic E-state index is 13.0. The molecule has 3 aromatic heterocycles. The molecular weight excluding hydrogens is 1650 g/mol. The van der Waals surface area contributed by atoms with Crippen LogP contribution in [0.4, 0.5) is 0 Å². The van der Waals surface area contributed by atoms with Gasteiger partial charge >= 0.3 is 23.9 Å². The molecule has 8 aliphatic rings. The highest BCUT2D eigenvalue weighted by Crippen LogP contribution is 2.54. The Morgan fingerprint density at radius 2 is 0.611 bits per heavy atom. The molecular formula is C99H75NO24S2. The number of hydrogen-bond donors (Lipinski definition) is 8. The van der Waals surface area contributed by atoms with Crippen LogP contribution in [0.15, 0.2) is 180 Å². The molecule has 0 atom stereocenters. The van der Waals surface area contributed by atoms with Crippen molar-refractivity contribution in [2.75, 3.05) is 27.2 Å². The summed E-state index contributed by atoms with van der Waals surface area (Å²) in [5.74, 6) is 3.61. The second-order valence-corrected chi connectivity index (χ2v) is 32.3. The predicted molar refractivity (Wildman–Crippen MR) is 465 cm³/mol. The number of thiophene rings is 2. The number of aliphatic hydroxyl groups excluding tert-OH is 8. The van der Waals surface area contributed by atoms with Gasteiger partial charge in [0.2, 0.25) is 27.2 Å². The molecule has 0 unspecified atom stereocenters. The standard InChI is InChI=1S/C26H19NO6.2C25H18O6S.C23H20O6/c28-10-16-6-18-19(7-17(16)11-29)24(14-3-4-21-22(8-14)33-13-32-21)25-20(12-31-26(25)30)23(18)15-2-1-5-27-9-15;26-8-15-5-17-18(6-16(15)9-27)23(13-1-2-20-21(7-13)31-12-30-20)24-19(10-29-25(24)28)22(17)14-3-4-32-11-14;26-9-14-6-16-17(7-15(14)10-27)23(21-2-1-5-32-21)18-11-29-25(28)24(18)22(16)13-3-4-19-20(8-13)31-12-30-19;1-2-15-16-5-13(8-24)14(9-25)6-17(16)21(22-18(15)10-27-23(22)26)12-3-4-19-20(7-12)29-11-28-19/h1-9,28-29H,10-13H2;1-7,11,26-27H,8-10,12H2;1-8,26-27H,9-12H2;3-7,24-25H,2,8-11H2,1H3. The smallest absolute Gasteiger partial charge is 0.339 e. The number of pyridine rings is 1. The summed E-state index contributed by atoms with van der Waals surface area (Å²) in [7, 11) is 0. The van der Waals surface area contributed by atoms with Gasteiger partial charge < -0.3 is 97.7 Å². The van der Waals surface area contributed by atoms with Gasteiger partial charge in [0.1, 0.15) is 26.4 Å². The number of aryl methyl sites for hydroxylation is 1. The topological polar surface area (TPSA) is 354 Å². The fraction of sp³-hybridized carbons (Fsp3) is 0.182. The van der Waals surface area contributed by atoms with Gasteiger partial charge in [-0.25, -0.2) is 19.2 Å². The van der Waals surface area contributed by atoms with Crippen molar-refractivity contribution in [1.29, 1.82) is 0 Å². The molecule has 0 saturated heterocycles. The lowest BCUT2D eigenvalue weighted by atomic mass is 9.83. The van der Waals surface area contributed by atoms with E-state index < -0.39 is 5.97 Å². The quantitative estimate of drug-likeness (QED) is 0.0329. The lowest BCUT2D eigenvalue weighted by Gasteiger charge is -2.19. The van der Waals surface area contributed by atoms with E-state index in [1.807, 2.05) is 175 Å². The van der Waals surface area contributed by atoms with Crippen molar-refractivity contribution in [3.63, 3.8) is 0 Å². The number of carbonyl (C=O) groups is 4. The van der Waals surface area contributed by atoms with Crippen molar-refractivity contribution in [1.82, 2.24) is 4.98 Å². The molecule has 12 aromatic carbocycles. The van der Waals surface area contributed by atoms with Crippen LogP contribution in [0.25, 0.3) is 120 Å². The largest absolute Gasteiger partial charge is 0.457 e. The molecule has 25 nitrogen and oxygen atoms in total. The van der Waals surface area contributed by atoms with Gasteiger partial charge in [-0.3, -0.25) is 4.98 Å². The van der Waals surface area contributed by atoms with E-state index in [9.17, 15) is 60.0 Å². The minimum atomic E-state index is -0.401. The van der Waals surface area contributed by atoms with Gasteiger partial charge in [0.25, 0.3) is 0 Å². The molecule has 8 aliphatic heterocycles. The zero-order chi connectivity index (χ0) is 86.3. The minimum Gasteiger partial charge on any atom is -0.457 e. The van der Waals surface area contributed by atoms with Crippen LogP contribution in [0.2, 0.25) is 0 Å². The molecule has 0 bridgehead atoms. The van der Waals surface area contributed by atoms with E-state index in [1.54, 1.807) is 35.1 Å². The van der Waals surface area contributed by atoms with Gasteiger partial charge in [-0.05, 0) is 270 Å². The number of aliphatic hydroxyl groups is 8. The summed E-state index contributed by atoms with van der Waals surface area (Å²) in [4.78, 5) is 57.0. The molecule has 23 rings (SSSR count). The molecule has 0 aliphatic carbocycles. The Morgan fingerprint density at radius 3 is 0.937 bits per heavy atom. The van der Waals surface area contributed by atoms with Crippen molar-refractivity contribution in [2.24, 2.45) is 0 Å². The van der Waals surface area contributed by atoms with Crippen LogP contribution < -0.4 is 37.9 Å². The third kappa shape index (κ3) is 13.7. The molecule has 0 fully saturated rings. The number of benzene rings is 12. The average Bonchev–Trinajstić information content (AvgIpc) is 1.50. The first kappa shape index (κ1) is 80.6. The monoisotopic (exact) mass is 1730 g/mol. The zero-order valence-electron chi connectivity index (χ0n) is 67.2. The average molecular weight is 1730 g/mol. The minimum absolute atomic E-state index is 0.141. The van der Waals surface area contributed by atoms with Gasteiger partial charge in [-0.15, -0.1) is 11.3 Å². The number of nitrogens with zero attached hydrogens (tertiary/aromatic N) is 1. The fourth-order valence-electron chi connectivity index (χ4n) is 18.4. The van der Waals surface area contributed by atoms with Crippen molar-refractivity contribution in [3.05, 3.63) is 275 Å². The third-order valence-electron chi connectivity index (χ3n) is 24.1. The summed E-state index contributed by atoms with van der Waals surface area (Å²) in [5, 5.41) is 92.2. The van der Waals surface area contributed by atoms with E-state index in [1.165, 1.54) is 0 Å². The summed E-state index contributed by atoms with van der Waals surface area (Å²) >= 11 is 3.16. The molecule has 0 amide bonds. The number of carbonyl (C=O) groups excluding carboxylic acids is 4. The summed E-state index contributed by atoms with van der Waals surface area (Å²) < 4.78 is 66.0. The zero-order valence-corrected chi connectivity index (χ0v) is 68.8. The molecule has 632 valence electrons. The second-order valence-electron chi connectivity index (χ2n) is 30.6. The summed E-state index contributed by atoms with van der Waals surface area (Å²) in [6.45, 7) is 1.77. The normalized spacial score (nSPS) is 14.1. The number of hydrogen-bond acceptors (Lipinski definition) is 27. The fourth-order valence-corrected chi connectivity index (χ4v) is 19.8. The van der Waals surface area contributed by atoms with Gasteiger partial charge in [0.05, 0.1) is 75.1 Å². The molecule has 8 N–H and O–H groups in total. The van der Waals surface area contributed by atoms with Gasteiger partial charge in [0, 0.05) is 72.9 Å². The SMILES string of the molecule is CCc1c2c(c(-c3ccc4c(c3)OCO4)c3cc(CO)c(CO)cc13)C(=O)OC2.O=C1OCc2c1c(-c1ccc3c(c1)OCO3)c1cc(CO)c(CO)cc1c2-c1cccnc1.O=C1OCc2c1c(-c1ccc3c(c1)OCO3)c1cc(CO)c(CO)cc1c2-c1cccs1.O=C1OCc2c1c(-c1ccc3c(c1)OCO3)c1cc(CO)c(CO)cc1c2-c1ccsc1. The summed E-state index contributed by atoms with van der Waals surface area (Å²) in [6.07, 6.45) is 4.16. The molecule has 0 saturated carbocycles. The molecule has 15 aromatic rings. The number of rotatable bonds is 16. The summed E-state index contributed by atoms with van der Waals surface area (Å²) in [5.41, 5.74) is 22.2. The predicted octanol–water partition coefficient (Wildman–Crippen LogP) is 16.6. The van der Waals surface area contributed by atoms with Crippen LogP contribution in [0.3, 0.4) is 0 Å². The Bertz CT molecular complexity index is 6830. The highest BCUT2D eigenvalue weighted by molar-refractivity contribution is 7.13. The Hall–Kier alpha value is -13.8. The van der Waals surface area contributed by atoms with Crippen molar-refractivity contribution < 1.29 is 117 Å². The molecule has 0 radical (unpaired) electrons. The number of aromatic nitrogens is 1. The van der Waals surface area contributed by atoms with E-state index in [0.717, 1.165) is 149 Å². The van der Waals surface area contributed by atoms with Crippen molar-refractivity contribution in [2.45, 2.75) is 92.6 Å². The number of fused-ring (bicyclic) bond motifs is 12. The Morgan fingerprint density at radius 1 is 0.294 bits per heavy atom. The lowest BCUT2D eigenvalue weighted by molar-refractivity contribution is 0.0526. The highest BCUT2D eigenvalue weighted by atomic mass is 32.1. The van der Waals surface area contributed by atoms with Crippen molar-refractivity contribution in [3.8, 4) is 123 Å². The Labute approximate surface area is 725 Å². The number of cyclic esters (lactones) is 4. The van der Waals surface area contributed by atoms with Crippen LogP contribution in [-0.4, -0.2) is 96.9 Å². The lowest BCUT2D eigenvalue weighted by Crippen LogP contribution is -2.04. The summed E-state index contributed by atoms with van der Waals surface area (Å²) in [6, 6.07) is 47.2. The highest BCUT2D eigenvalue weighted by Gasteiger charge is 2.39. The van der Waals surface area contributed by atoms with Gasteiger partial charge in [0.15, 0.2) is 46.0 Å². The van der Waals surface area contributed by atoms with E-state index in [-0.39, 0.29) is 124 Å². The molecule has 27 heteroatoms. The maximum Gasteiger partial charge on any atom is 0.339 e. The van der Waals surface area contributed by atoms with Gasteiger partial charge in [-0.1, -0.05) is 43.3 Å². The van der Waals surface area contributed by atoms with E-state index in [4.69, 9.17) is 56.8 Å². The Kier molecular flexibility index (Phi) is 21.3. The third-order valence-corrected chi connectivity index (χ3v) is 25.7. The number of ether oxygens (including phenoxy) is 12. The van der Waals surface area contributed by atoms with Crippen LogP contribution in [0.1, 0.15) is 121 Å². The number of esters is 4. The van der Waals surface area contributed by atoms with Crippen LogP contribution in [-0.2, 0) is 105 Å². The van der Waals surface area contributed by atoms with Crippen molar-refractivity contribution >= 4 is 89.6 Å².